The first kappa shape index (κ1) is 22.2. The molecule has 30 heavy (non-hydrogen) atoms. The first-order valence-corrected chi connectivity index (χ1v) is 11.2. The normalized spacial score (nSPS) is 15.9. The molecule has 1 aromatic heterocycles. The van der Waals surface area contributed by atoms with Crippen molar-refractivity contribution in [1.82, 2.24) is 14.4 Å². The van der Waals surface area contributed by atoms with Crippen molar-refractivity contribution in [3.05, 3.63) is 41.5 Å². The smallest absolute Gasteiger partial charge is 0.248 e. The monoisotopic (exact) mass is 439 g/mol. The fourth-order valence-corrected chi connectivity index (χ4v) is 5.33. The Kier molecular flexibility index (Phi) is 6.77. The van der Waals surface area contributed by atoms with Gasteiger partial charge in [0.2, 0.25) is 15.9 Å². The number of hydrogen-bond donors (Lipinski definition) is 0. The van der Waals surface area contributed by atoms with Gasteiger partial charge >= 0.3 is 0 Å². The first-order valence-electron chi connectivity index (χ1n) is 9.76. The van der Waals surface area contributed by atoms with Crippen LogP contribution in [-0.2, 0) is 14.8 Å². The van der Waals surface area contributed by atoms with Crippen LogP contribution in [0.3, 0.4) is 0 Å². The SMILES string of the molecule is Cc1noc(C)c1S(=O)(=O)N1CCC(C(=O)N(C)CCOc2ccc(F)cc2)CC1. The average Bonchev–Trinajstić information content (AvgIpc) is 3.07. The van der Waals surface area contributed by atoms with Crippen LogP contribution >= 0.6 is 0 Å². The van der Waals surface area contributed by atoms with Gasteiger partial charge in [-0.3, -0.25) is 4.79 Å². The highest BCUT2D eigenvalue weighted by Gasteiger charge is 2.36. The van der Waals surface area contributed by atoms with E-state index in [9.17, 15) is 17.6 Å². The van der Waals surface area contributed by atoms with Crippen molar-refractivity contribution < 1.29 is 26.9 Å². The number of nitrogens with zero attached hydrogens (tertiary/aromatic N) is 3. The number of piperidine rings is 1. The van der Waals surface area contributed by atoms with Crippen molar-refractivity contribution in [2.24, 2.45) is 5.92 Å². The molecule has 10 heteroatoms. The quantitative estimate of drug-likeness (QED) is 0.658. The summed E-state index contributed by atoms with van der Waals surface area (Å²) in [4.78, 5) is 14.4. The molecule has 3 rings (SSSR count). The van der Waals surface area contributed by atoms with Crippen molar-refractivity contribution in [3.8, 4) is 5.75 Å². The summed E-state index contributed by atoms with van der Waals surface area (Å²) >= 11 is 0. The Morgan fingerprint density at radius 2 is 1.90 bits per heavy atom. The highest BCUT2D eigenvalue weighted by Crippen LogP contribution is 2.28. The summed E-state index contributed by atoms with van der Waals surface area (Å²) in [5.74, 6) is 0.197. The van der Waals surface area contributed by atoms with Crippen molar-refractivity contribution in [2.75, 3.05) is 33.3 Å². The number of carbonyl (C=O) groups excluding carboxylic acids is 1. The Morgan fingerprint density at radius 3 is 2.47 bits per heavy atom. The Hall–Kier alpha value is -2.46. The van der Waals surface area contributed by atoms with Gasteiger partial charge in [-0.2, -0.15) is 4.31 Å². The maximum atomic E-state index is 12.9. The first-order chi connectivity index (χ1) is 14.2. The van der Waals surface area contributed by atoms with Gasteiger partial charge in [-0.05, 0) is 51.0 Å². The Bertz CT molecular complexity index is 963. The van der Waals surface area contributed by atoms with E-state index in [-0.39, 0.29) is 48.0 Å². The third-order valence-electron chi connectivity index (χ3n) is 5.25. The molecule has 0 saturated carbocycles. The molecule has 0 unspecified atom stereocenters. The van der Waals surface area contributed by atoms with Crippen molar-refractivity contribution >= 4 is 15.9 Å². The molecule has 2 aromatic rings. The van der Waals surface area contributed by atoms with E-state index in [0.717, 1.165) is 0 Å². The highest BCUT2D eigenvalue weighted by atomic mass is 32.2. The van der Waals surface area contributed by atoms with Gasteiger partial charge in [0, 0.05) is 26.1 Å². The Labute approximate surface area is 175 Å². The average molecular weight is 440 g/mol. The minimum atomic E-state index is -3.69. The number of sulfonamides is 1. The molecule has 8 nitrogen and oxygen atoms in total. The summed E-state index contributed by atoms with van der Waals surface area (Å²) in [6, 6.07) is 5.70. The summed E-state index contributed by atoms with van der Waals surface area (Å²) < 4.78 is 50.6. The molecule has 0 N–H and O–H groups in total. The molecular formula is C20H26FN3O5S. The van der Waals surface area contributed by atoms with Crippen LogP contribution in [0.4, 0.5) is 4.39 Å². The summed E-state index contributed by atoms with van der Waals surface area (Å²) in [5.41, 5.74) is 0.339. The maximum absolute atomic E-state index is 12.9. The summed E-state index contributed by atoms with van der Waals surface area (Å²) in [5, 5.41) is 3.73. The molecule has 0 aliphatic carbocycles. The van der Waals surface area contributed by atoms with Gasteiger partial charge in [-0.1, -0.05) is 5.16 Å². The van der Waals surface area contributed by atoms with E-state index < -0.39 is 10.0 Å². The lowest BCUT2D eigenvalue weighted by atomic mass is 9.97. The number of likely N-dealkylation sites (N-methyl/N-ethyl adjacent to an activating group) is 1. The third-order valence-corrected chi connectivity index (χ3v) is 7.40. The van der Waals surface area contributed by atoms with Gasteiger partial charge in [-0.25, -0.2) is 12.8 Å². The van der Waals surface area contributed by atoms with E-state index in [4.69, 9.17) is 9.26 Å². The third kappa shape index (κ3) is 4.81. The number of ether oxygens (including phenoxy) is 1. The number of carbonyl (C=O) groups is 1. The van der Waals surface area contributed by atoms with E-state index in [1.165, 1.54) is 28.6 Å². The summed E-state index contributed by atoms with van der Waals surface area (Å²) in [7, 11) is -1.99. The van der Waals surface area contributed by atoms with E-state index in [0.29, 0.717) is 30.8 Å². The van der Waals surface area contributed by atoms with E-state index in [1.807, 2.05) is 0 Å². The topological polar surface area (TPSA) is 93.0 Å². The lowest BCUT2D eigenvalue weighted by molar-refractivity contribution is -0.135. The minimum absolute atomic E-state index is 0.0351. The number of hydrogen-bond acceptors (Lipinski definition) is 6. The van der Waals surface area contributed by atoms with Gasteiger partial charge in [0.1, 0.15) is 28.8 Å². The lowest BCUT2D eigenvalue weighted by Gasteiger charge is -2.32. The van der Waals surface area contributed by atoms with Crippen molar-refractivity contribution in [1.29, 1.82) is 0 Å². The predicted molar refractivity (Wildman–Crippen MR) is 107 cm³/mol. The largest absolute Gasteiger partial charge is 0.492 e. The van der Waals surface area contributed by atoms with E-state index >= 15 is 0 Å². The second kappa shape index (κ2) is 9.13. The van der Waals surface area contributed by atoms with E-state index in [1.54, 1.807) is 25.8 Å². The molecule has 0 spiro atoms. The maximum Gasteiger partial charge on any atom is 0.248 e. The molecule has 1 aromatic carbocycles. The zero-order chi connectivity index (χ0) is 21.9. The summed E-state index contributed by atoms with van der Waals surface area (Å²) in [6.07, 6.45) is 0.898. The van der Waals surface area contributed by atoms with Crippen LogP contribution in [0.5, 0.6) is 5.75 Å². The minimum Gasteiger partial charge on any atom is -0.492 e. The number of aryl methyl sites for hydroxylation is 2. The van der Waals surface area contributed by atoms with Gasteiger partial charge in [0.05, 0.1) is 6.54 Å². The highest BCUT2D eigenvalue weighted by molar-refractivity contribution is 7.89. The van der Waals surface area contributed by atoms with Crippen LogP contribution in [0.15, 0.2) is 33.7 Å². The number of benzene rings is 1. The van der Waals surface area contributed by atoms with Crippen molar-refractivity contribution in [2.45, 2.75) is 31.6 Å². The van der Waals surface area contributed by atoms with Crippen LogP contribution in [-0.4, -0.2) is 62.0 Å². The zero-order valence-corrected chi connectivity index (χ0v) is 18.1. The van der Waals surface area contributed by atoms with Gasteiger partial charge in [0.25, 0.3) is 0 Å². The number of aromatic nitrogens is 1. The van der Waals surface area contributed by atoms with Gasteiger partial charge in [-0.15, -0.1) is 0 Å². The molecule has 1 amide bonds. The summed E-state index contributed by atoms with van der Waals surface area (Å²) in [6.45, 7) is 4.38. The van der Waals surface area contributed by atoms with Crippen LogP contribution in [0.1, 0.15) is 24.3 Å². The fraction of sp³-hybridized carbons (Fsp3) is 0.500. The molecular weight excluding hydrogens is 413 g/mol. The second-order valence-corrected chi connectivity index (χ2v) is 9.27. The zero-order valence-electron chi connectivity index (χ0n) is 17.3. The molecule has 1 aliphatic rings. The molecule has 164 valence electrons. The molecule has 2 heterocycles. The fourth-order valence-electron chi connectivity index (χ4n) is 3.57. The van der Waals surface area contributed by atoms with Crippen LogP contribution in [0.2, 0.25) is 0 Å². The van der Waals surface area contributed by atoms with Crippen LogP contribution in [0, 0.1) is 25.6 Å². The number of amides is 1. The molecule has 0 radical (unpaired) electrons. The molecule has 1 saturated heterocycles. The van der Waals surface area contributed by atoms with Gasteiger partial charge in [0.15, 0.2) is 5.76 Å². The predicted octanol–water partition coefficient (Wildman–Crippen LogP) is 2.37. The lowest BCUT2D eigenvalue weighted by Crippen LogP contribution is -2.44. The second-order valence-electron chi connectivity index (χ2n) is 7.39. The Balaban J connectivity index is 1.50. The van der Waals surface area contributed by atoms with Gasteiger partial charge < -0.3 is 14.2 Å². The molecule has 1 aliphatic heterocycles. The van der Waals surface area contributed by atoms with E-state index in [2.05, 4.69) is 5.16 Å². The van der Waals surface area contributed by atoms with Crippen LogP contribution < -0.4 is 4.74 Å². The molecule has 1 fully saturated rings. The Morgan fingerprint density at radius 1 is 1.27 bits per heavy atom. The van der Waals surface area contributed by atoms with Crippen molar-refractivity contribution in [3.63, 3.8) is 0 Å². The molecule has 0 bridgehead atoms. The standard InChI is InChI=1S/C20H26FN3O5S/c1-14-19(15(2)29-22-14)30(26,27)24-10-8-16(9-11-24)20(25)23(3)12-13-28-18-6-4-17(21)5-7-18/h4-7,16H,8-13H2,1-3H3. The molecule has 0 atom stereocenters. The number of halogens is 1. The number of rotatable bonds is 7. The van der Waals surface area contributed by atoms with Crippen LogP contribution in [0.25, 0.3) is 0 Å².